The molecule has 0 aliphatic carbocycles. The predicted octanol–water partition coefficient (Wildman–Crippen LogP) is 3.74. The van der Waals surface area contributed by atoms with Gasteiger partial charge in [-0.05, 0) is 42.3 Å². The molecule has 4 rings (SSSR count). The SMILES string of the molecule is Cc1cc(O)ccc1C1SCCNc2c1c(-c1ccccn1)nn2C. The molecule has 2 N–H and O–H groups in total. The molecular formula is C19H20N4OS. The molecule has 3 heterocycles. The van der Waals surface area contributed by atoms with Crippen LogP contribution in [0.1, 0.15) is 21.9 Å². The van der Waals surface area contributed by atoms with Gasteiger partial charge in [-0.15, -0.1) is 11.8 Å². The van der Waals surface area contributed by atoms with Crippen molar-refractivity contribution in [1.82, 2.24) is 14.8 Å². The lowest BCUT2D eigenvalue weighted by Crippen LogP contribution is -2.06. The van der Waals surface area contributed by atoms with E-state index in [1.165, 1.54) is 5.56 Å². The summed E-state index contributed by atoms with van der Waals surface area (Å²) < 4.78 is 1.91. The molecule has 2 aromatic heterocycles. The summed E-state index contributed by atoms with van der Waals surface area (Å²) in [5.74, 6) is 2.35. The van der Waals surface area contributed by atoms with Gasteiger partial charge in [0.1, 0.15) is 17.3 Å². The first-order valence-electron chi connectivity index (χ1n) is 8.28. The number of hydrogen-bond donors (Lipinski definition) is 2. The molecule has 0 saturated carbocycles. The molecule has 1 aliphatic rings. The van der Waals surface area contributed by atoms with Crippen LogP contribution in [0.3, 0.4) is 0 Å². The molecule has 1 atom stereocenters. The normalized spacial score (nSPS) is 16.8. The number of anilines is 1. The van der Waals surface area contributed by atoms with Crippen LogP contribution in [0.15, 0.2) is 42.6 Å². The van der Waals surface area contributed by atoms with Crippen LogP contribution in [0.5, 0.6) is 5.75 Å². The van der Waals surface area contributed by atoms with Gasteiger partial charge in [-0.3, -0.25) is 9.67 Å². The number of nitrogens with one attached hydrogen (secondary N) is 1. The molecule has 0 saturated heterocycles. The van der Waals surface area contributed by atoms with E-state index < -0.39 is 0 Å². The van der Waals surface area contributed by atoms with E-state index in [0.29, 0.717) is 5.75 Å². The molecule has 1 aromatic carbocycles. The lowest BCUT2D eigenvalue weighted by molar-refractivity contribution is 0.474. The first-order valence-corrected chi connectivity index (χ1v) is 9.33. The lowest BCUT2D eigenvalue weighted by Gasteiger charge is -2.18. The van der Waals surface area contributed by atoms with Crippen LogP contribution in [-0.4, -0.2) is 32.2 Å². The smallest absolute Gasteiger partial charge is 0.129 e. The van der Waals surface area contributed by atoms with Crippen molar-refractivity contribution in [2.75, 3.05) is 17.6 Å². The van der Waals surface area contributed by atoms with E-state index in [0.717, 1.165) is 40.6 Å². The third-order valence-electron chi connectivity index (χ3n) is 4.47. The van der Waals surface area contributed by atoms with Gasteiger partial charge in [0.15, 0.2) is 0 Å². The number of phenols is 1. The van der Waals surface area contributed by atoms with Crippen molar-refractivity contribution in [2.24, 2.45) is 7.05 Å². The van der Waals surface area contributed by atoms with Gasteiger partial charge < -0.3 is 10.4 Å². The average molecular weight is 352 g/mol. The van der Waals surface area contributed by atoms with Crippen molar-refractivity contribution < 1.29 is 5.11 Å². The van der Waals surface area contributed by atoms with Gasteiger partial charge in [-0.25, -0.2) is 0 Å². The van der Waals surface area contributed by atoms with Gasteiger partial charge in [0, 0.05) is 31.1 Å². The summed E-state index contributed by atoms with van der Waals surface area (Å²) in [7, 11) is 1.97. The highest BCUT2D eigenvalue weighted by molar-refractivity contribution is 7.99. The molecule has 0 fully saturated rings. The maximum absolute atomic E-state index is 9.78. The van der Waals surface area contributed by atoms with Crippen LogP contribution in [0.4, 0.5) is 5.82 Å². The number of phenolic OH excluding ortho intramolecular Hbond substituents is 1. The van der Waals surface area contributed by atoms with Crippen molar-refractivity contribution in [3.8, 4) is 17.1 Å². The summed E-state index contributed by atoms with van der Waals surface area (Å²) >= 11 is 1.90. The van der Waals surface area contributed by atoms with Gasteiger partial charge in [0.05, 0.1) is 10.9 Å². The summed E-state index contributed by atoms with van der Waals surface area (Å²) in [6, 6.07) is 11.5. The summed E-state index contributed by atoms with van der Waals surface area (Å²) in [6.45, 7) is 2.94. The highest BCUT2D eigenvalue weighted by atomic mass is 32.2. The number of aromatic nitrogens is 3. The summed E-state index contributed by atoms with van der Waals surface area (Å²) in [5, 5.41) is 18.2. The molecule has 3 aromatic rings. The lowest BCUT2D eigenvalue weighted by atomic mass is 9.98. The number of fused-ring (bicyclic) bond motifs is 1. The number of hydrogen-bond acceptors (Lipinski definition) is 5. The molecule has 6 heteroatoms. The molecule has 0 spiro atoms. The van der Waals surface area contributed by atoms with Gasteiger partial charge in [-0.1, -0.05) is 12.1 Å². The van der Waals surface area contributed by atoms with Gasteiger partial charge in [0.2, 0.25) is 0 Å². The quantitative estimate of drug-likeness (QED) is 0.735. The largest absolute Gasteiger partial charge is 0.508 e. The van der Waals surface area contributed by atoms with E-state index in [9.17, 15) is 5.11 Å². The fourth-order valence-electron chi connectivity index (χ4n) is 3.32. The molecule has 1 aliphatic heterocycles. The van der Waals surface area contributed by atoms with Crippen molar-refractivity contribution >= 4 is 17.6 Å². The fourth-order valence-corrected chi connectivity index (χ4v) is 4.61. The Bertz CT molecular complexity index is 907. The minimum absolute atomic E-state index is 0.149. The Kier molecular flexibility index (Phi) is 4.13. The zero-order chi connectivity index (χ0) is 17.4. The second-order valence-electron chi connectivity index (χ2n) is 6.17. The van der Waals surface area contributed by atoms with E-state index in [1.54, 1.807) is 12.3 Å². The zero-order valence-electron chi connectivity index (χ0n) is 14.2. The number of nitrogens with zero attached hydrogens (tertiary/aromatic N) is 3. The van der Waals surface area contributed by atoms with E-state index >= 15 is 0 Å². The Hall–Kier alpha value is -2.47. The minimum atomic E-state index is 0.149. The van der Waals surface area contributed by atoms with Crippen LogP contribution in [0.2, 0.25) is 0 Å². The summed E-state index contributed by atoms with van der Waals surface area (Å²) in [4.78, 5) is 4.51. The van der Waals surface area contributed by atoms with E-state index in [2.05, 4.69) is 10.3 Å². The van der Waals surface area contributed by atoms with E-state index in [1.807, 2.05) is 60.7 Å². The molecule has 5 nitrogen and oxygen atoms in total. The molecule has 0 amide bonds. The maximum atomic E-state index is 9.78. The second-order valence-corrected chi connectivity index (χ2v) is 7.38. The average Bonchev–Trinajstić information content (AvgIpc) is 2.79. The maximum Gasteiger partial charge on any atom is 0.129 e. The van der Waals surface area contributed by atoms with Gasteiger partial charge in [-0.2, -0.15) is 5.10 Å². The Morgan fingerprint density at radius 3 is 2.92 bits per heavy atom. The van der Waals surface area contributed by atoms with E-state index in [4.69, 9.17) is 5.10 Å². The number of thioether (sulfide) groups is 1. The number of benzene rings is 1. The number of rotatable bonds is 2. The van der Waals surface area contributed by atoms with Crippen LogP contribution >= 0.6 is 11.8 Å². The second kappa shape index (κ2) is 6.44. The topological polar surface area (TPSA) is 63.0 Å². The van der Waals surface area contributed by atoms with Crippen LogP contribution < -0.4 is 5.32 Å². The molecule has 1 unspecified atom stereocenters. The fraction of sp³-hybridized carbons (Fsp3) is 0.263. The highest BCUT2D eigenvalue weighted by Crippen LogP contribution is 2.46. The predicted molar refractivity (Wildman–Crippen MR) is 102 cm³/mol. The Morgan fingerprint density at radius 2 is 2.16 bits per heavy atom. The standard InChI is InChI=1S/C19H20N4OS/c1-12-11-13(24)6-7-14(12)18-16-17(15-5-3-4-8-20-15)22-23(2)19(16)21-9-10-25-18/h3-8,11,18,21,24H,9-10H2,1-2H3. The van der Waals surface area contributed by atoms with Crippen LogP contribution in [-0.2, 0) is 7.05 Å². The Balaban J connectivity index is 1.92. The van der Waals surface area contributed by atoms with Crippen molar-refractivity contribution in [3.63, 3.8) is 0 Å². The van der Waals surface area contributed by atoms with Crippen molar-refractivity contribution in [3.05, 3.63) is 59.3 Å². The Labute approximate surface area is 151 Å². The molecule has 128 valence electrons. The van der Waals surface area contributed by atoms with Crippen molar-refractivity contribution in [1.29, 1.82) is 0 Å². The first kappa shape index (κ1) is 16.0. The Morgan fingerprint density at radius 1 is 1.28 bits per heavy atom. The number of aryl methyl sites for hydroxylation is 2. The monoisotopic (exact) mass is 352 g/mol. The van der Waals surface area contributed by atoms with E-state index in [-0.39, 0.29) is 5.25 Å². The third kappa shape index (κ3) is 2.87. The molecule has 0 radical (unpaired) electrons. The zero-order valence-corrected chi connectivity index (χ0v) is 15.0. The minimum Gasteiger partial charge on any atom is -0.508 e. The van der Waals surface area contributed by atoms with Crippen molar-refractivity contribution in [2.45, 2.75) is 12.2 Å². The summed E-state index contributed by atoms with van der Waals surface area (Å²) in [6.07, 6.45) is 1.80. The molecule has 0 bridgehead atoms. The number of aromatic hydroxyl groups is 1. The van der Waals surface area contributed by atoms with Crippen LogP contribution in [0.25, 0.3) is 11.4 Å². The van der Waals surface area contributed by atoms with Crippen LogP contribution in [0, 0.1) is 6.92 Å². The molecule has 25 heavy (non-hydrogen) atoms. The van der Waals surface area contributed by atoms with Gasteiger partial charge >= 0.3 is 0 Å². The molecular weight excluding hydrogens is 332 g/mol. The first-order chi connectivity index (χ1) is 12.1. The van der Waals surface area contributed by atoms with Gasteiger partial charge in [0.25, 0.3) is 0 Å². The number of pyridine rings is 1. The summed E-state index contributed by atoms with van der Waals surface area (Å²) in [5.41, 5.74) is 5.25. The highest BCUT2D eigenvalue weighted by Gasteiger charge is 2.30. The third-order valence-corrected chi connectivity index (χ3v) is 5.73.